The predicted octanol–water partition coefficient (Wildman–Crippen LogP) is 4.65. The minimum Gasteiger partial charge on any atom is -0.497 e. The lowest BCUT2D eigenvalue weighted by Crippen LogP contribution is -2.55. The Balaban J connectivity index is 1.35. The summed E-state index contributed by atoms with van der Waals surface area (Å²) in [5, 5.41) is 10.9. The molecule has 2 aliphatic rings. The molecule has 10 heteroatoms. The summed E-state index contributed by atoms with van der Waals surface area (Å²) in [4.78, 5) is 41.1. The number of piperidine rings is 1. The highest BCUT2D eigenvalue weighted by Gasteiger charge is 2.39. The fourth-order valence-corrected chi connectivity index (χ4v) is 6.26. The largest absolute Gasteiger partial charge is 0.497 e. The van der Waals surface area contributed by atoms with Crippen LogP contribution in [0.2, 0.25) is 0 Å². The summed E-state index contributed by atoms with van der Waals surface area (Å²) < 4.78 is 18.4. The lowest BCUT2D eigenvalue weighted by molar-refractivity contribution is 0.0131. The van der Waals surface area contributed by atoms with E-state index in [-0.39, 0.29) is 29.6 Å². The molecule has 2 atom stereocenters. The van der Waals surface area contributed by atoms with Gasteiger partial charge in [-0.05, 0) is 48.1 Å². The normalized spacial score (nSPS) is 19.0. The van der Waals surface area contributed by atoms with Crippen molar-refractivity contribution < 1.29 is 28.9 Å². The molecule has 0 bridgehead atoms. The maximum absolute atomic E-state index is 13.0. The van der Waals surface area contributed by atoms with Gasteiger partial charge in [0, 0.05) is 61.3 Å². The molecule has 0 aliphatic carbocycles. The van der Waals surface area contributed by atoms with E-state index in [4.69, 9.17) is 14.2 Å². The number of aldehydes is 1. The van der Waals surface area contributed by atoms with Crippen molar-refractivity contribution in [1.82, 2.24) is 14.4 Å². The molecule has 1 N–H and O–H groups in total. The van der Waals surface area contributed by atoms with Gasteiger partial charge in [-0.25, -0.2) is 4.79 Å². The van der Waals surface area contributed by atoms with Crippen molar-refractivity contribution in [3.63, 3.8) is 0 Å². The van der Waals surface area contributed by atoms with Crippen LogP contribution in [0.25, 0.3) is 10.9 Å². The maximum Gasteiger partial charge on any atom is 0.407 e. The van der Waals surface area contributed by atoms with Crippen molar-refractivity contribution in [2.45, 2.75) is 58.8 Å². The van der Waals surface area contributed by atoms with E-state index >= 15 is 0 Å². The molecule has 2 aliphatic heterocycles. The second-order valence-corrected chi connectivity index (χ2v) is 12.1. The van der Waals surface area contributed by atoms with Gasteiger partial charge in [-0.3, -0.25) is 14.5 Å². The van der Waals surface area contributed by atoms with Crippen LogP contribution in [0.5, 0.6) is 17.2 Å². The van der Waals surface area contributed by atoms with Gasteiger partial charge >= 0.3 is 6.09 Å². The van der Waals surface area contributed by atoms with Gasteiger partial charge in [-0.15, -0.1) is 0 Å². The number of ether oxygens (including phenoxy) is 3. The molecule has 1 amide bonds. The number of nitrogens with zero attached hydrogens (tertiary/aromatic N) is 3. The van der Waals surface area contributed by atoms with Crippen LogP contribution >= 0.6 is 0 Å². The van der Waals surface area contributed by atoms with Crippen molar-refractivity contribution in [1.29, 1.82) is 0 Å². The predicted molar refractivity (Wildman–Crippen MR) is 159 cm³/mol. The topological polar surface area (TPSA) is 111 Å². The number of fused-ring (bicyclic) bond motifs is 2. The number of hydrogen-bond acceptors (Lipinski definition) is 7. The molecular formula is C32H39N3O7. The molecule has 3 heterocycles. The Morgan fingerprint density at radius 2 is 1.86 bits per heavy atom. The smallest absolute Gasteiger partial charge is 0.407 e. The summed E-state index contributed by atoms with van der Waals surface area (Å²) >= 11 is 0. The van der Waals surface area contributed by atoms with Crippen LogP contribution in [0.4, 0.5) is 4.79 Å². The van der Waals surface area contributed by atoms with Crippen molar-refractivity contribution in [2.24, 2.45) is 5.41 Å². The average Bonchev–Trinajstić information content (AvgIpc) is 2.98. The zero-order valence-corrected chi connectivity index (χ0v) is 24.7. The monoisotopic (exact) mass is 577 g/mol. The first-order valence-electron chi connectivity index (χ1n) is 14.4. The molecule has 1 saturated heterocycles. The van der Waals surface area contributed by atoms with E-state index in [1.54, 1.807) is 27.7 Å². The van der Waals surface area contributed by atoms with E-state index in [1.807, 2.05) is 18.2 Å². The minimum absolute atomic E-state index is 0.0871. The van der Waals surface area contributed by atoms with E-state index in [0.29, 0.717) is 79.4 Å². The van der Waals surface area contributed by atoms with Gasteiger partial charge in [-0.1, -0.05) is 26.8 Å². The Morgan fingerprint density at radius 3 is 2.55 bits per heavy atom. The van der Waals surface area contributed by atoms with Gasteiger partial charge in [0.1, 0.15) is 19.0 Å². The molecule has 3 aromatic rings. The molecule has 10 nitrogen and oxygen atoms in total. The highest BCUT2D eigenvalue weighted by molar-refractivity contribution is 5.97. The third-order valence-corrected chi connectivity index (χ3v) is 8.42. The first-order chi connectivity index (χ1) is 20.1. The standard InChI is InChI=1S/C32H39N3O7/c1-32(2,3)29-17-23(35(31(38)39)19-21-5-7-27-28(15-21)42-14-13-41-27)9-10-33(29)11-12-34-26-18-24(40-4)16-22(20-36)25(26)6-8-30(34)37/h5-8,15-16,18,20,23,29H,9-14,17,19H2,1-4H3,(H,38,39). The van der Waals surface area contributed by atoms with Crippen LogP contribution in [-0.4, -0.2) is 77.3 Å². The first kappa shape index (κ1) is 29.4. The SMILES string of the molecule is COc1cc(C=O)c2ccc(=O)n(CCN3CCC(N(Cc4ccc5c(c4)OCCO5)C(=O)O)CC3C(C)(C)C)c2c1. The van der Waals surface area contributed by atoms with Crippen LogP contribution < -0.4 is 19.8 Å². The summed E-state index contributed by atoms with van der Waals surface area (Å²) in [6.45, 7) is 9.48. The van der Waals surface area contributed by atoms with Gasteiger partial charge in [0.2, 0.25) is 0 Å². The highest BCUT2D eigenvalue weighted by Crippen LogP contribution is 2.36. The number of aromatic nitrogens is 1. The summed E-state index contributed by atoms with van der Waals surface area (Å²) in [7, 11) is 1.54. The molecular weight excluding hydrogens is 538 g/mol. The zero-order valence-electron chi connectivity index (χ0n) is 24.7. The number of carbonyl (C=O) groups excluding carboxylic acids is 1. The van der Waals surface area contributed by atoms with Crippen LogP contribution in [0.15, 0.2) is 47.3 Å². The molecule has 42 heavy (non-hydrogen) atoms. The number of amides is 1. The Hall–Kier alpha value is -4.05. The van der Waals surface area contributed by atoms with Crippen molar-refractivity contribution in [3.8, 4) is 17.2 Å². The molecule has 2 aromatic carbocycles. The zero-order chi connectivity index (χ0) is 30.0. The number of carboxylic acid groups (broad SMARTS) is 1. The summed E-state index contributed by atoms with van der Waals surface area (Å²) in [5.74, 6) is 1.84. The third-order valence-electron chi connectivity index (χ3n) is 8.42. The molecule has 2 unspecified atom stereocenters. The quantitative estimate of drug-likeness (QED) is 0.385. The number of benzene rings is 2. The fourth-order valence-electron chi connectivity index (χ4n) is 6.26. The molecule has 0 radical (unpaired) electrons. The van der Waals surface area contributed by atoms with E-state index < -0.39 is 6.09 Å². The van der Waals surface area contributed by atoms with Gasteiger partial charge in [0.15, 0.2) is 17.8 Å². The third kappa shape index (κ3) is 6.09. The number of rotatable bonds is 8. The first-order valence-corrected chi connectivity index (χ1v) is 14.4. The summed E-state index contributed by atoms with van der Waals surface area (Å²) in [5.41, 5.74) is 1.71. The molecule has 1 aromatic heterocycles. The lowest BCUT2D eigenvalue weighted by atomic mass is 9.78. The van der Waals surface area contributed by atoms with Gasteiger partial charge < -0.3 is 28.8 Å². The molecule has 0 spiro atoms. The molecule has 0 saturated carbocycles. The van der Waals surface area contributed by atoms with E-state index in [2.05, 4.69) is 25.7 Å². The highest BCUT2D eigenvalue weighted by atomic mass is 16.6. The molecule has 1 fully saturated rings. The van der Waals surface area contributed by atoms with Crippen molar-refractivity contribution in [3.05, 3.63) is 63.9 Å². The number of hydrogen-bond donors (Lipinski definition) is 1. The van der Waals surface area contributed by atoms with Gasteiger partial charge in [0.25, 0.3) is 5.56 Å². The Morgan fingerprint density at radius 1 is 1.10 bits per heavy atom. The Bertz CT molecular complexity index is 1530. The Kier molecular flexibility index (Phi) is 8.45. The second-order valence-electron chi connectivity index (χ2n) is 12.1. The van der Waals surface area contributed by atoms with E-state index in [9.17, 15) is 19.5 Å². The van der Waals surface area contributed by atoms with Crippen LogP contribution in [0, 0.1) is 5.41 Å². The van der Waals surface area contributed by atoms with Crippen molar-refractivity contribution in [2.75, 3.05) is 33.4 Å². The lowest BCUT2D eigenvalue weighted by Gasteiger charge is -2.48. The molecule has 5 rings (SSSR count). The van der Waals surface area contributed by atoms with Gasteiger partial charge in [-0.2, -0.15) is 0 Å². The fraction of sp³-hybridized carbons (Fsp3) is 0.469. The number of carbonyl (C=O) groups is 2. The van der Waals surface area contributed by atoms with E-state index in [0.717, 1.165) is 11.8 Å². The number of pyridine rings is 1. The average molecular weight is 578 g/mol. The summed E-state index contributed by atoms with van der Waals surface area (Å²) in [6.07, 6.45) is 1.18. The second kappa shape index (κ2) is 12.1. The number of methoxy groups -OCH3 is 1. The minimum atomic E-state index is -0.946. The maximum atomic E-state index is 13.0. The summed E-state index contributed by atoms with van der Waals surface area (Å²) in [6, 6.07) is 12.2. The molecule has 224 valence electrons. The van der Waals surface area contributed by atoms with E-state index in [1.165, 1.54) is 13.2 Å². The van der Waals surface area contributed by atoms with Crippen LogP contribution in [-0.2, 0) is 13.1 Å². The van der Waals surface area contributed by atoms with Gasteiger partial charge in [0.05, 0.1) is 12.6 Å². The van der Waals surface area contributed by atoms with Crippen LogP contribution in [0.3, 0.4) is 0 Å². The number of likely N-dealkylation sites (tertiary alicyclic amines) is 1. The Labute approximate surface area is 245 Å². The van der Waals surface area contributed by atoms with Crippen LogP contribution in [0.1, 0.15) is 49.5 Å². The van der Waals surface area contributed by atoms with Crippen molar-refractivity contribution >= 4 is 23.3 Å².